The van der Waals surface area contributed by atoms with E-state index < -0.39 is 0 Å². The number of rotatable bonds is 37. The smallest absolute Gasteiger partial charge is 0.0737 e. The Hall–Kier alpha value is 0.360. The summed E-state index contributed by atoms with van der Waals surface area (Å²) in [7, 11) is 0. The first-order valence-corrected chi connectivity index (χ1v) is 26.3. The first-order valence-electron chi connectivity index (χ1n) is 23.1. The second-order valence-electron chi connectivity index (χ2n) is 16.6. The number of hydrogen-bond donors (Lipinski definition) is 0. The standard InChI is InChI=1S/C48H84Br2S2/c1-5-9-13-17-21-23-27-31-35-41(33-29-25-19-15-11-7-3)37-43-39-45(51-47(43)49)46-40-44(48(50)52-46)38-42(34-30-26-20-16-12-8-4)36-32-28-24-22-18-14-10-6-2/h39-42H,5-38H2,1-4H3. The molecule has 0 spiro atoms. The van der Waals surface area contributed by atoms with Gasteiger partial charge in [-0.2, -0.15) is 0 Å². The van der Waals surface area contributed by atoms with E-state index in [1.807, 2.05) is 22.7 Å². The van der Waals surface area contributed by atoms with Crippen LogP contribution < -0.4 is 0 Å². The summed E-state index contributed by atoms with van der Waals surface area (Å²) in [4.78, 5) is 2.94. The predicted molar refractivity (Wildman–Crippen MR) is 248 cm³/mol. The van der Waals surface area contributed by atoms with Crippen LogP contribution in [0.15, 0.2) is 19.7 Å². The summed E-state index contributed by atoms with van der Waals surface area (Å²) in [5.74, 6) is 1.66. The lowest BCUT2D eigenvalue weighted by Gasteiger charge is -2.17. The Morgan fingerprint density at radius 2 is 0.596 bits per heavy atom. The molecule has 4 heteroatoms. The first-order chi connectivity index (χ1) is 25.5. The first kappa shape index (κ1) is 48.5. The van der Waals surface area contributed by atoms with Gasteiger partial charge in [0.25, 0.3) is 0 Å². The summed E-state index contributed by atoms with van der Waals surface area (Å²) in [6, 6.07) is 5.13. The zero-order valence-electron chi connectivity index (χ0n) is 34.9. The summed E-state index contributed by atoms with van der Waals surface area (Å²) in [5, 5.41) is 0. The van der Waals surface area contributed by atoms with Crippen LogP contribution in [-0.4, -0.2) is 0 Å². The maximum absolute atomic E-state index is 4.06. The van der Waals surface area contributed by atoms with E-state index in [0.717, 1.165) is 11.8 Å². The summed E-state index contributed by atoms with van der Waals surface area (Å²) >= 11 is 12.1. The molecule has 2 atom stereocenters. The van der Waals surface area contributed by atoms with Crippen molar-refractivity contribution >= 4 is 54.5 Å². The average molecular weight is 885 g/mol. The third-order valence-electron chi connectivity index (χ3n) is 11.6. The maximum atomic E-state index is 4.06. The lowest BCUT2D eigenvalue weighted by molar-refractivity contribution is 0.400. The van der Waals surface area contributed by atoms with E-state index in [-0.39, 0.29) is 0 Å². The van der Waals surface area contributed by atoms with Gasteiger partial charge in [-0.15, -0.1) is 22.7 Å². The molecule has 2 aromatic rings. The van der Waals surface area contributed by atoms with Crippen molar-refractivity contribution in [2.45, 2.75) is 246 Å². The van der Waals surface area contributed by atoms with E-state index in [1.165, 1.54) is 236 Å². The fourth-order valence-electron chi connectivity index (χ4n) is 8.21. The molecule has 0 saturated heterocycles. The molecule has 2 heterocycles. The predicted octanol–water partition coefficient (Wildman–Crippen LogP) is 19.9. The highest BCUT2D eigenvalue weighted by Gasteiger charge is 2.19. The second-order valence-corrected chi connectivity index (χ2v) is 21.3. The van der Waals surface area contributed by atoms with Gasteiger partial charge in [-0.05, 0) is 79.8 Å². The third kappa shape index (κ3) is 23.4. The summed E-state index contributed by atoms with van der Waals surface area (Å²) in [6.07, 6.45) is 47.8. The maximum Gasteiger partial charge on any atom is 0.0737 e. The largest absolute Gasteiger partial charge is 0.127 e. The van der Waals surface area contributed by atoms with Crippen LogP contribution in [0, 0.1) is 11.8 Å². The molecule has 0 aromatic carbocycles. The Balaban J connectivity index is 2.00. The molecular weight excluding hydrogens is 800 g/mol. The van der Waals surface area contributed by atoms with Gasteiger partial charge in [0, 0.05) is 9.75 Å². The second kappa shape index (κ2) is 33.5. The van der Waals surface area contributed by atoms with Gasteiger partial charge in [0.05, 0.1) is 7.57 Å². The Bertz CT molecular complexity index is 986. The Morgan fingerprint density at radius 1 is 0.365 bits per heavy atom. The van der Waals surface area contributed by atoms with Crippen LogP contribution in [0.2, 0.25) is 0 Å². The molecule has 0 aliphatic rings. The normalized spacial score (nSPS) is 13.0. The minimum absolute atomic E-state index is 0.828. The van der Waals surface area contributed by atoms with Crippen molar-refractivity contribution in [3.63, 3.8) is 0 Å². The number of hydrogen-bond acceptors (Lipinski definition) is 2. The molecule has 2 aromatic heterocycles. The molecule has 0 amide bonds. The van der Waals surface area contributed by atoms with Crippen molar-refractivity contribution in [2.24, 2.45) is 11.8 Å². The van der Waals surface area contributed by atoms with Crippen molar-refractivity contribution < 1.29 is 0 Å². The quantitative estimate of drug-likeness (QED) is 0.0593. The van der Waals surface area contributed by atoms with Crippen LogP contribution >= 0.6 is 54.5 Å². The zero-order chi connectivity index (χ0) is 37.5. The molecule has 0 saturated carbocycles. The number of halogens is 2. The van der Waals surface area contributed by atoms with Crippen LogP contribution in [0.3, 0.4) is 0 Å². The van der Waals surface area contributed by atoms with Crippen molar-refractivity contribution in [2.75, 3.05) is 0 Å². The van der Waals surface area contributed by atoms with Crippen LogP contribution in [-0.2, 0) is 12.8 Å². The van der Waals surface area contributed by atoms with Crippen LogP contribution in [0.25, 0.3) is 9.75 Å². The highest BCUT2D eigenvalue weighted by molar-refractivity contribution is 9.11. The third-order valence-corrected chi connectivity index (χ3v) is 15.8. The topological polar surface area (TPSA) is 0 Å². The molecule has 2 rings (SSSR count). The Labute approximate surface area is 350 Å². The summed E-state index contributed by atoms with van der Waals surface area (Å²) < 4.78 is 2.76. The molecule has 0 fully saturated rings. The van der Waals surface area contributed by atoms with Gasteiger partial charge in [-0.1, -0.05) is 233 Å². The fourth-order valence-corrected chi connectivity index (χ4v) is 11.7. The fraction of sp³-hybridized carbons (Fsp3) is 0.833. The van der Waals surface area contributed by atoms with Crippen molar-refractivity contribution in [1.29, 1.82) is 0 Å². The van der Waals surface area contributed by atoms with Gasteiger partial charge >= 0.3 is 0 Å². The molecule has 0 radical (unpaired) electrons. The Morgan fingerprint density at radius 3 is 0.846 bits per heavy atom. The van der Waals surface area contributed by atoms with Crippen LogP contribution in [0.5, 0.6) is 0 Å². The van der Waals surface area contributed by atoms with E-state index in [2.05, 4.69) is 71.7 Å². The van der Waals surface area contributed by atoms with E-state index in [9.17, 15) is 0 Å². The van der Waals surface area contributed by atoms with E-state index >= 15 is 0 Å². The van der Waals surface area contributed by atoms with Crippen LogP contribution in [0.4, 0.5) is 0 Å². The van der Waals surface area contributed by atoms with Crippen molar-refractivity contribution in [3.05, 3.63) is 30.8 Å². The van der Waals surface area contributed by atoms with Crippen molar-refractivity contribution in [3.8, 4) is 9.75 Å². The Kier molecular flexibility index (Phi) is 31.2. The zero-order valence-corrected chi connectivity index (χ0v) is 39.7. The molecule has 0 bridgehead atoms. The van der Waals surface area contributed by atoms with Gasteiger partial charge < -0.3 is 0 Å². The lowest BCUT2D eigenvalue weighted by Crippen LogP contribution is -2.05. The van der Waals surface area contributed by atoms with E-state index in [1.54, 1.807) is 11.1 Å². The summed E-state index contributed by atoms with van der Waals surface area (Å²) in [5.41, 5.74) is 3.13. The number of unbranched alkanes of at least 4 members (excludes halogenated alkanes) is 24. The molecule has 0 nitrogen and oxygen atoms in total. The molecule has 0 aliphatic carbocycles. The summed E-state index contributed by atoms with van der Waals surface area (Å²) in [6.45, 7) is 9.30. The minimum Gasteiger partial charge on any atom is -0.127 e. The molecule has 52 heavy (non-hydrogen) atoms. The van der Waals surface area contributed by atoms with Crippen molar-refractivity contribution in [1.82, 2.24) is 0 Å². The number of thiophene rings is 2. The van der Waals surface area contributed by atoms with Gasteiger partial charge in [-0.25, -0.2) is 0 Å². The molecular formula is C48H84Br2S2. The monoisotopic (exact) mass is 882 g/mol. The average Bonchev–Trinajstić information content (AvgIpc) is 3.70. The SMILES string of the molecule is CCCCCCCCCCC(CCCCCCCC)Cc1cc(-c2cc(CC(CCCCCCCC)CCCCCCCCCC)c(Br)s2)sc1Br. The molecule has 302 valence electrons. The minimum atomic E-state index is 0.828. The highest BCUT2D eigenvalue weighted by Crippen LogP contribution is 2.43. The van der Waals surface area contributed by atoms with Gasteiger partial charge in [0.15, 0.2) is 0 Å². The van der Waals surface area contributed by atoms with E-state index in [0.29, 0.717) is 0 Å². The van der Waals surface area contributed by atoms with Gasteiger partial charge in [0.1, 0.15) is 0 Å². The molecule has 0 N–H and O–H groups in total. The molecule has 0 aliphatic heterocycles. The van der Waals surface area contributed by atoms with Gasteiger partial charge in [0.2, 0.25) is 0 Å². The van der Waals surface area contributed by atoms with E-state index in [4.69, 9.17) is 0 Å². The lowest BCUT2D eigenvalue weighted by atomic mass is 9.89. The van der Waals surface area contributed by atoms with Crippen LogP contribution in [0.1, 0.15) is 244 Å². The molecule has 2 unspecified atom stereocenters. The van der Waals surface area contributed by atoms with Gasteiger partial charge in [-0.3, -0.25) is 0 Å². The highest BCUT2D eigenvalue weighted by atomic mass is 79.9.